The molecular formula is C17H21N3. The number of aromatic nitrogens is 1. The van der Waals surface area contributed by atoms with E-state index in [1.54, 1.807) is 5.56 Å². The van der Waals surface area contributed by atoms with E-state index >= 15 is 0 Å². The standard InChI is InChI=1S/C17H21N3/c1-20(13-16-7-2-3-9-19-16)12-15-6-4-5-14-11-18-10-8-17(14)15/h2-7,9,18H,8,10-13H2,1H3. The molecule has 0 amide bonds. The van der Waals surface area contributed by atoms with Crippen molar-refractivity contribution in [3.63, 3.8) is 0 Å². The van der Waals surface area contributed by atoms with Crippen molar-refractivity contribution in [2.75, 3.05) is 13.6 Å². The van der Waals surface area contributed by atoms with Crippen LogP contribution >= 0.6 is 0 Å². The molecule has 1 aromatic carbocycles. The van der Waals surface area contributed by atoms with E-state index in [2.05, 4.69) is 46.5 Å². The summed E-state index contributed by atoms with van der Waals surface area (Å²) in [6, 6.07) is 12.8. The first-order valence-electron chi connectivity index (χ1n) is 7.22. The second-order valence-electron chi connectivity index (χ2n) is 5.47. The first-order valence-corrected chi connectivity index (χ1v) is 7.22. The molecule has 1 aromatic heterocycles. The Kier molecular flexibility index (Phi) is 4.09. The van der Waals surface area contributed by atoms with Crippen LogP contribution in [0, 0.1) is 0 Å². The van der Waals surface area contributed by atoms with Crippen LogP contribution in [0.3, 0.4) is 0 Å². The van der Waals surface area contributed by atoms with Gasteiger partial charge in [-0.2, -0.15) is 0 Å². The van der Waals surface area contributed by atoms with Gasteiger partial charge < -0.3 is 5.32 Å². The van der Waals surface area contributed by atoms with Gasteiger partial charge in [-0.05, 0) is 48.8 Å². The third kappa shape index (κ3) is 3.06. The zero-order chi connectivity index (χ0) is 13.8. The van der Waals surface area contributed by atoms with Crippen molar-refractivity contribution in [2.24, 2.45) is 0 Å². The molecule has 2 aromatic rings. The summed E-state index contributed by atoms with van der Waals surface area (Å²) in [5, 5.41) is 3.44. The summed E-state index contributed by atoms with van der Waals surface area (Å²) in [7, 11) is 2.16. The highest BCUT2D eigenvalue weighted by molar-refractivity contribution is 5.37. The van der Waals surface area contributed by atoms with Gasteiger partial charge in [0.2, 0.25) is 0 Å². The van der Waals surface area contributed by atoms with Gasteiger partial charge in [-0.1, -0.05) is 24.3 Å². The maximum absolute atomic E-state index is 4.40. The summed E-state index contributed by atoms with van der Waals surface area (Å²) in [6.07, 6.45) is 3.00. The van der Waals surface area contributed by atoms with Crippen LogP contribution in [0.2, 0.25) is 0 Å². The highest BCUT2D eigenvalue weighted by Gasteiger charge is 2.13. The molecule has 2 heterocycles. The van der Waals surface area contributed by atoms with Gasteiger partial charge in [0.15, 0.2) is 0 Å². The number of rotatable bonds is 4. The zero-order valence-electron chi connectivity index (χ0n) is 12.0. The molecular weight excluding hydrogens is 246 g/mol. The van der Waals surface area contributed by atoms with Gasteiger partial charge in [-0.15, -0.1) is 0 Å². The molecule has 1 aliphatic rings. The zero-order valence-corrected chi connectivity index (χ0v) is 12.0. The van der Waals surface area contributed by atoms with Crippen LogP contribution in [-0.2, 0) is 26.1 Å². The lowest BCUT2D eigenvalue weighted by molar-refractivity contribution is 0.313. The van der Waals surface area contributed by atoms with E-state index in [4.69, 9.17) is 0 Å². The van der Waals surface area contributed by atoms with Gasteiger partial charge in [0.1, 0.15) is 0 Å². The third-order valence-corrected chi connectivity index (χ3v) is 3.84. The predicted molar refractivity (Wildman–Crippen MR) is 81.3 cm³/mol. The minimum absolute atomic E-state index is 0.892. The average molecular weight is 267 g/mol. The van der Waals surface area contributed by atoms with E-state index in [1.165, 1.54) is 11.1 Å². The highest BCUT2D eigenvalue weighted by Crippen LogP contribution is 2.20. The van der Waals surface area contributed by atoms with Crippen LogP contribution in [0.4, 0.5) is 0 Å². The molecule has 0 saturated heterocycles. The summed E-state index contributed by atoms with van der Waals surface area (Å²) in [5.74, 6) is 0. The van der Waals surface area contributed by atoms with E-state index in [9.17, 15) is 0 Å². The molecule has 1 aliphatic heterocycles. The number of nitrogens with zero attached hydrogens (tertiary/aromatic N) is 2. The fourth-order valence-corrected chi connectivity index (χ4v) is 2.87. The van der Waals surface area contributed by atoms with E-state index in [-0.39, 0.29) is 0 Å². The fourth-order valence-electron chi connectivity index (χ4n) is 2.87. The van der Waals surface area contributed by atoms with E-state index in [0.29, 0.717) is 0 Å². The van der Waals surface area contributed by atoms with E-state index in [1.807, 2.05) is 18.3 Å². The summed E-state index contributed by atoms with van der Waals surface area (Å²) in [5.41, 5.74) is 5.59. The Morgan fingerprint density at radius 1 is 1.15 bits per heavy atom. The fraction of sp³-hybridized carbons (Fsp3) is 0.353. The largest absolute Gasteiger partial charge is 0.312 e. The van der Waals surface area contributed by atoms with Crippen LogP contribution < -0.4 is 5.32 Å². The molecule has 3 nitrogen and oxygen atoms in total. The van der Waals surface area contributed by atoms with Crippen molar-refractivity contribution >= 4 is 0 Å². The normalized spacial score (nSPS) is 14.3. The van der Waals surface area contributed by atoms with Crippen molar-refractivity contribution in [3.8, 4) is 0 Å². The Hall–Kier alpha value is -1.71. The van der Waals surface area contributed by atoms with E-state index in [0.717, 1.165) is 38.3 Å². The average Bonchev–Trinajstić information content (AvgIpc) is 2.48. The van der Waals surface area contributed by atoms with Crippen molar-refractivity contribution in [1.29, 1.82) is 0 Å². The Morgan fingerprint density at radius 2 is 2.10 bits per heavy atom. The summed E-state index contributed by atoms with van der Waals surface area (Å²) >= 11 is 0. The number of nitrogens with one attached hydrogen (secondary N) is 1. The Bertz CT molecular complexity index is 566. The lowest BCUT2D eigenvalue weighted by Crippen LogP contribution is -2.26. The van der Waals surface area contributed by atoms with Gasteiger partial charge in [0.25, 0.3) is 0 Å². The van der Waals surface area contributed by atoms with Crippen LogP contribution in [0.25, 0.3) is 0 Å². The van der Waals surface area contributed by atoms with Gasteiger partial charge >= 0.3 is 0 Å². The molecule has 0 spiro atoms. The topological polar surface area (TPSA) is 28.2 Å². The SMILES string of the molecule is CN(Cc1ccccn1)Cc1cccc2c1CCNC2. The third-order valence-electron chi connectivity index (χ3n) is 3.84. The summed E-state index contributed by atoms with van der Waals surface area (Å²) in [4.78, 5) is 6.73. The maximum Gasteiger partial charge on any atom is 0.0543 e. The first kappa shape index (κ1) is 13.3. The molecule has 104 valence electrons. The lowest BCUT2D eigenvalue weighted by atomic mass is 9.95. The molecule has 3 heteroatoms. The second kappa shape index (κ2) is 6.16. The van der Waals surface area contributed by atoms with Gasteiger partial charge in [-0.3, -0.25) is 9.88 Å². The molecule has 0 bridgehead atoms. The number of hydrogen-bond acceptors (Lipinski definition) is 3. The molecule has 0 radical (unpaired) electrons. The number of fused-ring (bicyclic) bond motifs is 1. The molecule has 0 saturated carbocycles. The van der Waals surface area contributed by atoms with Gasteiger partial charge in [-0.25, -0.2) is 0 Å². The van der Waals surface area contributed by atoms with Gasteiger partial charge in [0.05, 0.1) is 5.69 Å². The number of pyridine rings is 1. The molecule has 0 fully saturated rings. The quantitative estimate of drug-likeness (QED) is 0.921. The van der Waals surface area contributed by atoms with Crippen LogP contribution in [-0.4, -0.2) is 23.5 Å². The second-order valence-corrected chi connectivity index (χ2v) is 5.47. The number of benzene rings is 1. The van der Waals surface area contributed by atoms with Crippen molar-refractivity contribution in [1.82, 2.24) is 15.2 Å². The van der Waals surface area contributed by atoms with Gasteiger partial charge in [0, 0.05) is 25.8 Å². The number of hydrogen-bond donors (Lipinski definition) is 1. The van der Waals surface area contributed by atoms with Crippen molar-refractivity contribution < 1.29 is 0 Å². The summed E-state index contributed by atoms with van der Waals surface area (Å²) < 4.78 is 0. The minimum Gasteiger partial charge on any atom is -0.312 e. The maximum atomic E-state index is 4.40. The van der Waals surface area contributed by atoms with Crippen molar-refractivity contribution in [3.05, 3.63) is 65.0 Å². The van der Waals surface area contributed by atoms with E-state index < -0.39 is 0 Å². The smallest absolute Gasteiger partial charge is 0.0543 e. The molecule has 0 unspecified atom stereocenters. The Labute approximate surface area is 120 Å². The molecule has 20 heavy (non-hydrogen) atoms. The highest BCUT2D eigenvalue weighted by atomic mass is 15.1. The van der Waals surface area contributed by atoms with Crippen LogP contribution in [0.15, 0.2) is 42.6 Å². The molecule has 3 rings (SSSR count). The predicted octanol–water partition coefficient (Wildman–Crippen LogP) is 2.36. The molecule has 1 N–H and O–H groups in total. The summed E-state index contributed by atoms with van der Waals surface area (Å²) in [6.45, 7) is 3.98. The lowest BCUT2D eigenvalue weighted by Gasteiger charge is -2.23. The molecule has 0 atom stereocenters. The monoisotopic (exact) mass is 267 g/mol. The Balaban J connectivity index is 1.71. The Morgan fingerprint density at radius 3 is 2.95 bits per heavy atom. The van der Waals surface area contributed by atoms with Crippen molar-refractivity contribution in [2.45, 2.75) is 26.1 Å². The first-order chi connectivity index (χ1) is 9.83. The minimum atomic E-state index is 0.892. The van der Waals surface area contributed by atoms with Crippen LogP contribution in [0.1, 0.15) is 22.4 Å². The molecule has 0 aliphatic carbocycles. The van der Waals surface area contributed by atoms with Crippen LogP contribution in [0.5, 0.6) is 0 Å².